The van der Waals surface area contributed by atoms with Crippen molar-refractivity contribution in [3.05, 3.63) is 41.0 Å². The molecule has 122 valence electrons. The highest BCUT2D eigenvalue weighted by atomic mass is 32.1. The molecule has 3 heterocycles. The molecule has 0 spiro atoms. The maximum atomic E-state index is 12.4. The maximum Gasteiger partial charge on any atom is 0.251 e. The average molecular weight is 340 g/mol. The zero-order valence-corrected chi connectivity index (χ0v) is 13.7. The molecule has 6 nitrogen and oxygen atoms in total. The van der Waals surface area contributed by atoms with E-state index in [9.17, 15) is 4.79 Å². The van der Waals surface area contributed by atoms with Crippen molar-refractivity contribution in [2.75, 3.05) is 0 Å². The van der Waals surface area contributed by atoms with Crippen LogP contribution in [-0.2, 0) is 0 Å². The molecule has 3 unspecified atom stereocenters. The highest BCUT2D eigenvalue weighted by Crippen LogP contribution is 2.29. The van der Waals surface area contributed by atoms with Crippen LogP contribution in [-0.4, -0.2) is 29.0 Å². The van der Waals surface area contributed by atoms with Crippen LogP contribution in [0.1, 0.15) is 34.6 Å². The summed E-state index contributed by atoms with van der Waals surface area (Å²) in [5, 5.41) is 16.3. The van der Waals surface area contributed by atoms with Gasteiger partial charge in [-0.15, -0.1) is 0 Å². The number of nitriles is 1. The molecule has 2 bridgehead atoms. The zero-order valence-electron chi connectivity index (χ0n) is 12.9. The van der Waals surface area contributed by atoms with Crippen LogP contribution in [0.25, 0.3) is 0 Å². The number of aromatic nitrogens is 1. The Labute approximate surface area is 143 Å². The predicted molar refractivity (Wildman–Crippen MR) is 89.2 cm³/mol. The van der Waals surface area contributed by atoms with Crippen LogP contribution in [0, 0.1) is 11.3 Å². The normalized spacial score (nSPS) is 24.5. The minimum atomic E-state index is -0.0505. The van der Waals surface area contributed by atoms with Crippen LogP contribution in [0.3, 0.4) is 0 Å². The quantitative estimate of drug-likeness (QED) is 0.892. The average Bonchev–Trinajstić information content (AvgIpc) is 3.32. The minimum absolute atomic E-state index is 0.0505. The standard InChI is InChI=1S/C17H16N4O2S/c18-8-15-19-9-16(24-15)23-12-4-1-10(2-5-12)17(22)21-14-7-11-3-6-13(14)20-11/h1-2,4-5,9,11,13-14,20H,3,6-7H2,(H,21,22). The van der Waals surface area contributed by atoms with Gasteiger partial charge in [-0.05, 0) is 43.5 Å². The van der Waals surface area contributed by atoms with Gasteiger partial charge >= 0.3 is 0 Å². The fraction of sp³-hybridized carbons (Fsp3) is 0.353. The largest absolute Gasteiger partial charge is 0.445 e. The first-order chi connectivity index (χ1) is 11.7. The summed E-state index contributed by atoms with van der Waals surface area (Å²) in [6.45, 7) is 0. The first-order valence-electron chi connectivity index (χ1n) is 7.92. The van der Waals surface area contributed by atoms with E-state index in [4.69, 9.17) is 10.00 Å². The van der Waals surface area contributed by atoms with E-state index in [1.807, 2.05) is 6.07 Å². The van der Waals surface area contributed by atoms with Crippen molar-refractivity contribution in [3.63, 3.8) is 0 Å². The highest BCUT2D eigenvalue weighted by Gasteiger charge is 2.39. The van der Waals surface area contributed by atoms with Crippen molar-refractivity contribution >= 4 is 17.2 Å². The van der Waals surface area contributed by atoms with E-state index < -0.39 is 0 Å². The van der Waals surface area contributed by atoms with Gasteiger partial charge in [0.15, 0.2) is 5.01 Å². The van der Waals surface area contributed by atoms with Gasteiger partial charge in [-0.2, -0.15) is 5.26 Å². The van der Waals surface area contributed by atoms with Gasteiger partial charge in [-0.1, -0.05) is 11.3 Å². The van der Waals surface area contributed by atoms with Crippen molar-refractivity contribution in [2.24, 2.45) is 0 Å². The number of carbonyl (C=O) groups is 1. The van der Waals surface area contributed by atoms with Crippen LogP contribution < -0.4 is 15.4 Å². The molecule has 1 aromatic heterocycles. The predicted octanol–water partition coefficient (Wildman–Crippen LogP) is 2.43. The minimum Gasteiger partial charge on any atom is -0.445 e. The monoisotopic (exact) mass is 340 g/mol. The Morgan fingerprint density at radius 2 is 2.21 bits per heavy atom. The lowest BCUT2D eigenvalue weighted by atomic mass is 9.95. The topological polar surface area (TPSA) is 87.0 Å². The van der Waals surface area contributed by atoms with Gasteiger partial charge in [-0.25, -0.2) is 4.98 Å². The van der Waals surface area contributed by atoms with Gasteiger partial charge in [0.25, 0.3) is 5.91 Å². The number of rotatable bonds is 4. The highest BCUT2D eigenvalue weighted by molar-refractivity contribution is 7.13. The van der Waals surface area contributed by atoms with E-state index in [2.05, 4.69) is 15.6 Å². The Morgan fingerprint density at radius 1 is 1.38 bits per heavy atom. The summed E-state index contributed by atoms with van der Waals surface area (Å²) in [5.41, 5.74) is 0.618. The van der Waals surface area contributed by atoms with Crippen molar-refractivity contribution < 1.29 is 9.53 Å². The molecule has 2 saturated heterocycles. The second-order valence-electron chi connectivity index (χ2n) is 6.09. The van der Waals surface area contributed by atoms with E-state index in [0.29, 0.717) is 33.5 Å². The van der Waals surface area contributed by atoms with Gasteiger partial charge < -0.3 is 15.4 Å². The Balaban J connectivity index is 1.38. The molecule has 3 atom stereocenters. The van der Waals surface area contributed by atoms with E-state index in [0.717, 1.165) is 12.8 Å². The van der Waals surface area contributed by atoms with E-state index >= 15 is 0 Å². The lowest BCUT2D eigenvalue weighted by Gasteiger charge is -2.21. The summed E-state index contributed by atoms with van der Waals surface area (Å²) < 4.78 is 5.63. The van der Waals surface area contributed by atoms with Gasteiger partial charge in [0.05, 0.1) is 6.20 Å². The summed E-state index contributed by atoms with van der Waals surface area (Å²) in [4.78, 5) is 16.3. The molecule has 2 aromatic rings. The van der Waals surface area contributed by atoms with Crippen molar-refractivity contribution in [1.82, 2.24) is 15.6 Å². The number of benzene rings is 1. The van der Waals surface area contributed by atoms with Crippen molar-refractivity contribution in [3.8, 4) is 16.9 Å². The number of nitrogens with zero attached hydrogens (tertiary/aromatic N) is 2. The number of fused-ring (bicyclic) bond motifs is 2. The summed E-state index contributed by atoms with van der Waals surface area (Å²) in [6, 6.07) is 10.2. The third kappa shape index (κ3) is 2.98. The number of carbonyl (C=O) groups excluding carboxylic acids is 1. The Hall–Kier alpha value is -2.43. The first-order valence-corrected chi connectivity index (χ1v) is 8.73. The molecule has 0 saturated carbocycles. The Kier molecular flexibility index (Phi) is 3.92. The fourth-order valence-corrected chi connectivity index (χ4v) is 3.97. The molecular formula is C17H16N4O2S. The number of nitrogens with one attached hydrogen (secondary N) is 2. The molecule has 0 aliphatic carbocycles. The molecular weight excluding hydrogens is 324 g/mol. The molecule has 1 amide bonds. The molecule has 2 aliphatic heterocycles. The summed E-state index contributed by atoms with van der Waals surface area (Å²) >= 11 is 1.19. The van der Waals surface area contributed by atoms with E-state index in [1.54, 1.807) is 24.3 Å². The van der Waals surface area contributed by atoms with Crippen LogP contribution in [0.5, 0.6) is 10.8 Å². The van der Waals surface area contributed by atoms with Crippen molar-refractivity contribution in [2.45, 2.75) is 37.4 Å². The molecule has 0 radical (unpaired) electrons. The second-order valence-corrected chi connectivity index (χ2v) is 7.08. The van der Waals surface area contributed by atoms with E-state index in [1.165, 1.54) is 24.0 Å². The lowest BCUT2D eigenvalue weighted by molar-refractivity contribution is 0.0931. The summed E-state index contributed by atoms with van der Waals surface area (Å²) in [5.74, 6) is 0.562. The molecule has 2 fully saturated rings. The number of thiazole rings is 1. The maximum absolute atomic E-state index is 12.4. The fourth-order valence-electron chi connectivity index (χ4n) is 3.38. The zero-order chi connectivity index (χ0) is 16.5. The van der Waals surface area contributed by atoms with Crippen LogP contribution >= 0.6 is 11.3 Å². The summed E-state index contributed by atoms with van der Waals surface area (Å²) in [6.07, 6.45) is 4.90. The lowest BCUT2D eigenvalue weighted by Crippen LogP contribution is -2.42. The number of ether oxygens (including phenoxy) is 1. The molecule has 2 aliphatic rings. The van der Waals surface area contributed by atoms with Gasteiger partial charge in [0.2, 0.25) is 5.06 Å². The SMILES string of the molecule is N#Cc1ncc(Oc2ccc(C(=O)NC3CC4CCC3N4)cc2)s1. The molecule has 4 rings (SSSR count). The Morgan fingerprint density at radius 3 is 2.83 bits per heavy atom. The van der Waals surface area contributed by atoms with E-state index in [-0.39, 0.29) is 11.9 Å². The van der Waals surface area contributed by atoms with Crippen LogP contribution in [0.2, 0.25) is 0 Å². The smallest absolute Gasteiger partial charge is 0.251 e. The number of amides is 1. The van der Waals surface area contributed by atoms with Crippen LogP contribution in [0.4, 0.5) is 0 Å². The molecule has 2 N–H and O–H groups in total. The van der Waals surface area contributed by atoms with Gasteiger partial charge in [-0.3, -0.25) is 4.79 Å². The molecule has 24 heavy (non-hydrogen) atoms. The summed E-state index contributed by atoms with van der Waals surface area (Å²) in [7, 11) is 0. The third-order valence-corrected chi connectivity index (χ3v) is 5.31. The van der Waals surface area contributed by atoms with Crippen LogP contribution in [0.15, 0.2) is 30.5 Å². The number of hydrogen-bond acceptors (Lipinski definition) is 6. The molecule has 1 aromatic carbocycles. The first kappa shape index (κ1) is 15.1. The third-order valence-electron chi connectivity index (χ3n) is 4.53. The van der Waals surface area contributed by atoms with Crippen molar-refractivity contribution in [1.29, 1.82) is 5.26 Å². The van der Waals surface area contributed by atoms with Gasteiger partial charge in [0.1, 0.15) is 11.8 Å². The van der Waals surface area contributed by atoms with Gasteiger partial charge in [0, 0.05) is 23.7 Å². The Bertz CT molecular complexity index is 796. The second kappa shape index (κ2) is 6.23. The molecule has 7 heteroatoms. The number of hydrogen-bond donors (Lipinski definition) is 2.